The molecular formula is C18H11F2N5O. The highest BCUT2D eigenvalue weighted by atomic mass is 19.1. The molecule has 2 N–H and O–H groups in total. The summed E-state index contributed by atoms with van der Waals surface area (Å²) in [6.07, 6.45) is 0. The van der Waals surface area contributed by atoms with E-state index in [1.54, 1.807) is 24.3 Å². The van der Waals surface area contributed by atoms with E-state index in [9.17, 15) is 13.6 Å². The lowest BCUT2D eigenvalue weighted by atomic mass is 10.2. The molecule has 26 heavy (non-hydrogen) atoms. The second-order valence-corrected chi connectivity index (χ2v) is 5.16. The zero-order chi connectivity index (χ0) is 18.5. The molecule has 0 fully saturated rings. The average molecular weight is 351 g/mol. The van der Waals surface area contributed by atoms with Crippen molar-refractivity contribution in [2.45, 2.75) is 0 Å². The predicted octanol–water partition coefficient (Wildman–Crippen LogP) is 3.62. The number of hydrogen-bond acceptors (Lipinski definition) is 5. The monoisotopic (exact) mass is 351 g/mol. The van der Waals surface area contributed by atoms with E-state index < -0.39 is 17.5 Å². The predicted molar refractivity (Wildman–Crippen MR) is 90.8 cm³/mol. The van der Waals surface area contributed by atoms with Gasteiger partial charge in [0.15, 0.2) is 11.5 Å². The molecule has 0 saturated heterocycles. The van der Waals surface area contributed by atoms with Gasteiger partial charge in [0.2, 0.25) is 0 Å². The zero-order valence-electron chi connectivity index (χ0n) is 13.2. The van der Waals surface area contributed by atoms with Gasteiger partial charge in [-0.05, 0) is 36.4 Å². The number of nitriles is 1. The van der Waals surface area contributed by atoms with Crippen LogP contribution in [0.3, 0.4) is 0 Å². The normalized spacial score (nSPS) is 10.0. The third-order valence-electron chi connectivity index (χ3n) is 3.39. The summed E-state index contributed by atoms with van der Waals surface area (Å²) in [6.45, 7) is 0. The maximum atomic E-state index is 13.6. The molecule has 1 heterocycles. The Hall–Kier alpha value is -3.86. The van der Waals surface area contributed by atoms with Gasteiger partial charge in [-0.15, -0.1) is 10.2 Å². The number of carbonyl (C=O) groups is 1. The second-order valence-electron chi connectivity index (χ2n) is 5.16. The molecule has 0 spiro atoms. The summed E-state index contributed by atoms with van der Waals surface area (Å²) in [7, 11) is 0. The largest absolute Gasteiger partial charge is 0.338 e. The number of benzene rings is 2. The van der Waals surface area contributed by atoms with Crippen LogP contribution in [-0.4, -0.2) is 16.1 Å². The van der Waals surface area contributed by atoms with Gasteiger partial charge in [-0.1, -0.05) is 12.1 Å². The molecule has 3 aromatic rings. The SMILES string of the molecule is N#Cc1ccccc1Nc1ccc(C(=O)Nc2ccc(F)cc2F)nn1. The zero-order valence-corrected chi connectivity index (χ0v) is 13.2. The Bertz CT molecular complexity index is 999. The van der Waals surface area contributed by atoms with Gasteiger partial charge >= 0.3 is 0 Å². The third kappa shape index (κ3) is 3.79. The highest BCUT2D eigenvalue weighted by molar-refractivity contribution is 6.02. The van der Waals surface area contributed by atoms with Gasteiger partial charge in [0.1, 0.15) is 17.7 Å². The van der Waals surface area contributed by atoms with Gasteiger partial charge in [-0.25, -0.2) is 8.78 Å². The molecule has 8 heteroatoms. The van der Waals surface area contributed by atoms with Crippen LogP contribution in [0.15, 0.2) is 54.6 Å². The molecule has 1 amide bonds. The standard InChI is InChI=1S/C18H11F2N5O/c19-12-5-6-15(13(20)9-12)23-18(26)16-7-8-17(25-24-16)22-14-4-2-1-3-11(14)10-21/h1-9H,(H,22,25)(H,23,26). The van der Waals surface area contributed by atoms with Crippen molar-refractivity contribution in [1.82, 2.24) is 10.2 Å². The van der Waals surface area contributed by atoms with Crippen LogP contribution in [-0.2, 0) is 0 Å². The lowest BCUT2D eigenvalue weighted by Gasteiger charge is -2.08. The maximum Gasteiger partial charge on any atom is 0.276 e. The first-order valence-electron chi connectivity index (χ1n) is 7.43. The first-order valence-corrected chi connectivity index (χ1v) is 7.43. The molecule has 0 aliphatic carbocycles. The van der Waals surface area contributed by atoms with Crippen LogP contribution in [0.4, 0.5) is 26.0 Å². The molecule has 0 aliphatic heterocycles. The van der Waals surface area contributed by atoms with E-state index in [0.717, 1.165) is 12.1 Å². The van der Waals surface area contributed by atoms with Crippen LogP contribution >= 0.6 is 0 Å². The van der Waals surface area contributed by atoms with Crippen molar-refractivity contribution in [3.05, 3.63) is 77.5 Å². The van der Waals surface area contributed by atoms with Gasteiger partial charge < -0.3 is 10.6 Å². The summed E-state index contributed by atoms with van der Waals surface area (Å²) in [5.41, 5.74) is 0.772. The summed E-state index contributed by atoms with van der Waals surface area (Å²) in [4.78, 5) is 12.1. The van der Waals surface area contributed by atoms with E-state index in [4.69, 9.17) is 5.26 Å². The van der Waals surface area contributed by atoms with Gasteiger partial charge in [0.25, 0.3) is 5.91 Å². The molecule has 2 aromatic carbocycles. The van der Waals surface area contributed by atoms with E-state index >= 15 is 0 Å². The van der Waals surface area contributed by atoms with Crippen molar-refractivity contribution in [3.8, 4) is 6.07 Å². The molecule has 0 aliphatic rings. The molecule has 0 saturated carbocycles. The Morgan fingerprint density at radius 1 is 1.00 bits per heavy atom. The van der Waals surface area contributed by atoms with Crippen molar-refractivity contribution in [1.29, 1.82) is 5.26 Å². The van der Waals surface area contributed by atoms with Crippen LogP contribution in [0.25, 0.3) is 0 Å². The molecule has 0 atom stereocenters. The van der Waals surface area contributed by atoms with Crippen LogP contribution in [0.2, 0.25) is 0 Å². The quantitative estimate of drug-likeness (QED) is 0.749. The van der Waals surface area contributed by atoms with Gasteiger partial charge in [-0.3, -0.25) is 4.79 Å². The first-order chi connectivity index (χ1) is 12.6. The highest BCUT2D eigenvalue weighted by Gasteiger charge is 2.12. The van der Waals surface area contributed by atoms with Crippen LogP contribution in [0.5, 0.6) is 0 Å². The van der Waals surface area contributed by atoms with Crippen molar-refractivity contribution >= 4 is 23.1 Å². The van der Waals surface area contributed by atoms with Crippen molar-refractivity contribution in [3.63, 3.8) is 0 Å². The number of aromatic nitrogens is 2. The number of hydrogen-bond donors (Lipinski definition) is 2. The van der Waals surface area contributed by atoms with E-state index in [1.807, 2.05) is 6.07 Å². The molecule has 128 valence electrons. The molecule has 6 nitrogen and oxygen atoms in total. The lowest BCUT2D eigenvalue weighted by molar-refractivity contribution is 0.102. The maximum absolute atomic E-state index is 13.6. The molecule has 0 unspecified atom stereocenters. The molecular weight excluding hydrogens is 340 g/mol. The fourth-order valence-electron chi connectivity index (χ4n) is 2.12. The fraction of sp³-hybridized carbons (Fsp3) is 0. The Balaban J connectivity index is 1.73. The number of nitrogens with zero attached hydrogens (tertiary/aromatic N) is 3. The van der Waals surface area contributed by atoms with E-state index in [2.05, 4.69) is 20.8 Å². The summed E-state index contributed by atoms with van der Waals surface area (Å²) in [5.74, 6) is -1.99. The minimum absolute atomic E-state index is 0.0483. The molecule has 3 rings (SSSR count). The van der Waals surface area contributed by atoms with Crippen molar-refractivity contribution < 1.29 is 13.6 Å². The van der Waals surface area contributed by atoms with Crippen LogP contribution < -0.4 is 10.6 Å². The number of amides is 1. The van der Waals surface area contributed by atoms with E-state index in [0.29, 0.717) is 23.1 Å². The molecule has 1 aromatic heterocycles. The summed E-state index contributed by atoms with van der Waals surface area (Å²) < 4.78 is 26.5. The third-order valence-corrected chi connectivity index (χ3v) is 3.39. The second kappa shape index (κ2) is 7.36. The Morgan fingerprint density at radius 3 is 2.50 bits per heavy atom. The number of para-hydroxylation sites is 1. The number of halogens is 2. The number of anilines is 3. The van der Waals surface area contributed by atoms with Gasteiger partial charge in [0.05, 0.1) is 16.9 Å². The number of nitrogens with one attached hydrogen (secondary N) is 2. The smallest absolute Gasteiger partial charge is 0.276 e. The van der Waals surface area contributed by atoms with E-state index in [1.165, 1.54) is 12.1 Å². The Kier molecular flexibility index (Phi) is 4.80. The molecule has 0 radical (unpaired) electrons. The van der Waals surface area contributed by atoms with Crippen molar-refractivity contribution in [2.24, 2.45) is 0 Å². The Morgan fingerprint density at radius 2 is 1.81 bits per heavy atom. The fourth-order valence-corrected chi connectivity index (χ4v) is 2.12. The minimum atomic E-state index is -0.891. The Labute approximate surface area is 147 Å². The van der Waals surface area contributed by atoms with Crippen LogP contribution in [0, 0.1) is 23.0 Å². The van der Waals surface area contributed by atoms with Gasteiger partial charge in [0, 0.05) is 6.07 Å². The van der Waals surface area contributed by atoms with E-state index in [-0.39, 0.29) is 11.4 Å². The summed E-state index contributed by atoms with van der Waals surface area (Å²) in [5, 5.41) is 21.9. The van der Waals surface area contributed by atoms with Gasteiger partial charge in [-0.2, -0.15) is 5.26 Å². The van der Waals surface area contributed by atoms with Crippen LogP contribution in [0.1, 0.15) is 16.1 Å². The summed E-state index contributed by atoms with van der Waals surface area (Å²) >= 11 is 0. The lowest BCUT2D eigenvalue weighted by Crippen LogP contribution is -2.15. The molecule has 0 bridgehead atoms. The summed E-state index contributed by atoms with van der Waals surface area (Å²) in [6, 6.07) is 14.6. The highest BCUT2D eigenvalue weighted by Crippen LogP contribution is 2.19. The topological polar surface area (TPSA) is 90.7 Å². The average Bonchev–Trinajstić information content (AvgIpc) is 2.65. The van der Waals surface area contributed by atoms with Crippen molar-refractivity contribution in [2.75, 3.05) is 10.6 Å². The first kappa shape index (κ1) is 17.0. The number of carbonyl (C=O) groups excluding carboxylic acids is 1. The number of rotatable bonds is 4. The minimum Gasteiger partial charge on any atom is -0.338 e.